The first-order chi connectivity index (χ1) is 12.9. The van der Waals surface area contributed by atoms with Gasteiger partial charge in [0.05, 0.1) is 16.7 Å². The molecule has 0 aliphatic rings. The van der Waals surface area contributed by atoms with Gasteiger partial charge in [0.1, 0.15) is 0 Å². The van der Waals surface area contributed by atoms with Crippen LogP contribution in [0.4, 0.5) is 0 Å². The first-order valence-electron chi connectivity index (χ1n) is 11.0. The SMILES string of the molecule is CCCCCCCCCC(CCCCCCCC(=O)OCCC)S(=O)(=O)[O-].[Na+]. The largest absolute Gasteiger partial charge is 1.00 e. The van der Waals surface area contributed by atoms with Gasteiger partial charge in [-0.1, -0.05) is 84.5 Å². The Labute approximate surface area is 195 Å². The first kappa shape index (κ1) is 30.6. The third-order valence-corrected chi connectivity index (χ3v) is 6.20. The van der Waals surface area contributed by atoms with Gasteiger partial charge in [0.2, 0.25) is 0 Å². The fraction of sp³-hybridized carbons (Fsp3) is 0.952. The molecular weight excluding hydrogens is 387 g/mol. The Morgan fingerprint density at radius 1 is 0.786 bits per heavy atom. The molecule has 1 unspecified atom stereocenters. The predicted octanol–water partition coefficient (Wildman–Crippen LogP) is 2.73. The smallest absolute Gasteiger partial charge is 0.748 e. The Morgan fingerprint density at radius 2 is 1.25 bits per heavy atom. The zero-order chi connectivity index (χ0) is 20.4. The van der Waals surface area contributed by atoms with Crippen LogP contribution < -0.4 is 29.6 Å². The van der Waals surface area contributed by atoms with Gasteiger partial charge in [0.25, 0.3) is 0 Å². The number of rotatable bonds is 19. The summed E-state index contributed by atoms with van der Waals surface area (Å²) in [5.74, 6) is -0.135. The van der Waals surface area contributed by atoms with E-state index in [1.165, 1.54) is 25.7 Å². The van der Waals surface area contributed by atoms with Crippen molar-refractivity contribution in [1.29, 1.82) is 0 Å². The summed E-state index contributed by atoms with van der Waals surface area (Å²) in [5.41, 5.74) is 0. The Kier molecular flexibility index (Phi) is 22.5. The standard InChI is InChI=1S/C21H42O5S.Na/c1-3-5-6-7-8-10-13-16-20(27(23,24)25)17-14-11-9-12-15-18-21(22)26-19-4-2;/h20H,3-19H2,1-2H3,(H,23,24,25);/q;+1/p-1. The maximum Gasteiger partial charge on any atom is 1.00 e. The molecule has 0 aromatic heterocycles. The topological polar surface area (TPSA) is 83.5 Å². The number of hydrogen-bond donors (Lipinski definition) is 0. The molecule has 0 aliphatic heterocycles. The van der Waals surface area contributed by atoms with E-state index in [0.717, 1.165) is 57.8 Å². The van der Waals surface area contributed by atoms with Crippen LogP contribution in [-0.4, -0.2) is 30.8 Å². The maximum absolute atomic E-state index is 11.5. The van der Waals surface area contributed by atoms with E-state index in [1.54, 1.807) is 0 Å². The molecule has 1 atom stereocenters. The van der Waals surface area contributed by atoms with Crippen LogP contribution in [0.25, 0.3) is 0 Å². The summed E-state index contributed by atoms with van der Waals surface area (Å²) in [5, 5.41) is -0.725. The van der Waals surface area contributed by atoms with Crippen molar-refractivity contribution in [2.24, 2.45) is 0 Å². The van der Waals surface area contributed by atoms with E-state index in [4.69, 9.17) is 4.74 Å². The molecule has 5 nitrogen and oxygen atoms in total. The molecule has 0 saturated carbocycles. The first-order valence-corrected chi connectivity index (χ1v) is 12.5. The monoisotopic (exact) mass is 428 g/mol. The zero-order valence-corrected chi connectivity index (χ0v) is 21.4. The quantitative estimate of drug-likeness (QED) is 0.137. The molecular formula is C21H41NaO5S. The van der Waals surface area contributed by atoms with E-state index in [1.807, 2.05) is 6.92 Å². The summed E-state index contributed by atoms with van der Waals surface area (Å²) in [6.07, 6.45) is 14.6. The normalized spacial score (nSPS) is 12.4. The van der Waals surface area contributed by atoms with Crippen LogP contribution in [0.15, 0.2) is 0 Å². The van der Waals surface area contributed by atoms with Crippen LogP contribution in [0.1, 0.15) is 117 Å². The van der Waals surface area contributed by atoms with Crippen molar-refractivity contribution >= 4 is 16.1 Å². The van der Waals surface area contributed by atoms with Crippen molar-refractivity contribution in [2.45, 2.75) is 122 Å². The van der Waals surface area contributed by atoms with E-state index in [-0.39, 0.29) is 35.5 Å². The number of unbranched alkanes of at least 4 members (excludes halogenated alkanes) is 10. The van der Waals surface area contributed by atoms with E-state index >= 15 is 0 Å². The van der Waals surface area contributed by atoms with E-state index < -0.39 is 15.4 Å². The van der Waals surface area contributed by atoms with Crippen LogP contribution in [0, 0.1) is 0 Å². The van der Waals surface area contributed by atoms with Crippen molar-refractivity contribution < 1.29 is 52.1 Å². The number of carbonyl (C=O) groups is 1. The summed E-state index contributed by atoms with van der Waals surface area (Å²) in [4.78, 5) is 11.4. The zero-order valence-electron chi connectivity index (χ0n) is 18.5. The van der Waals surface area contributed by atoms with Gasteiger partial charge >= 0.3 is 35.5 Å². The van der Waals surface area contributed by atoms with Crippen molar-refractivity contribution in [2.75, 3.05) is 6.61 Å². The average Bonchev–Trinajstić information content (AvgIpc) is 2.62. The van der Waals surface area contributed by atoms with Gasteiger partial charge < -0.3 is 9.29 Å². The molecule has 28 heavy (non-hydrogen) atoms. The van der Waals surface area contributed by atoms with Crippen molar-refractivity contribution in [1.82, 2.24) is 0 Å². The van der Waals surface area contributed by atoms with Gasteiger partial charge in [0, 0.05) is 11.7 Å². The molecule has 0 fully saturated rings. The second-order valence-electron chi connectivity index (χ2n) is 7.55. The predicted molar refractivity (Wildman–Crippen MR) is 110 cm³/mol. The number of ether oxygens (including phenoxy) is 1. The van der Waals surface area contributed by atoms with Gasteiger partial charge in [-0.2, -0.15) is 0 Å². The number of carbonyl (C=O) groups excluding carboxylic acids is 1. The Hall–Kier alpha value is 0.380. The van der Waals surface area contributed by atoms with E-state index in [0.29, 0.717) is 25.9 Å². The van der Waals surface area contributed by atoms with Crippen LogP contribution in [0.2, 0.25) is 0 Å². The molecule has 0 saturated heterocycles. The van der Waals surface area contributed by atoms with Gasteiger partial charge in [-0.05, 0) is 25.7 Å². The summed E-state index contributed by atoms with van der Waals surface area (Å²) in [6.45, 7) is 4.64. The average molecular weight is 429 g/mol. The van der Waals surface area contributed by atoms with E-state index in [2.05, 4.69) is 6.92 Å². The summed E-state index contributed by atoms with van der Waals surface area (Å²) >= 11 is 0. The van der Waals surface area contributed by atoms with Crippen LogP contribution in [0.5, 0.6) is 0 Å². The second kappa shape index (κ2) is 20.6. The Balaban J connectivity index is 0. The fourth-order valence-corrected chi connectivity index (χ4v) is 4.13. The molecule has 0 aliphatic carbocycles. The molecule has 0 radical (unpaired) electrons. The molecule has 0 heterocycles. The summed E-state index contributed by atoms with van der Waals surface area (Å²) in [7, 11) is -4.20. The molecule has 0 bridgehead atoms. The van der Waals surface area contributed by atoms with Crippen LogP contribution in [0.3, 0.4) is 0 Å². The van der Waals surface area contributed by atoms with Gasteiger partial charge in [-0.3, -0.25) is 4.79 Å². The van der Waals surface area contributed by atoms with Gasteiger partial charge in [0.15, 0.2) is 0 Å². The second-order valence-corrected chi connectivity index (χ2v) is 9.20. The number of esters is 1. The van der Waals surface area contributed by atoms with E-state index in [9.17, 15) is 17.8 Å². The van der Waals surface area contributed by atoms with Crippen molar-refractivity contribution in [3.63, 3.8) is 0 Å². The minimum Gasteiger partial charge on any atom is -0.748 e. The Bertz CT molecular complexity index is 454. The third-order valence-electron chi connectivity index (χ3n) is 4.91. The van der Waals surface area contributed by atoms with Gasteiger partial charge in [-0.25, -0.2) is 8.42 Å². The molecule has 0 spiro atoms. The maximum atomic E-state index is 11.5. The molecule has 0 N–H and O–H groups in total. The Morgan fingerprint density at radius 3 is 1.71 bits per heavy atom. The number of hydrogen-bond acceptors (Lipinski definition) is 5. The minimum absolute atomic E-state index is 0. The van der Waals surface area contributed by atoms with Crippen LogP contribution in [-0.2, 0) is 19.6 Å². The minimum atomic E-state index is -4.20. The molecule has 0 rings (SSSR count). The summed E-state index contributed by atoms with van der Waals surface area (Å²) < 4.78 is 39.4. The molecule has 162 valence electrons. The van der Waals surface area contributed by atoms with Crippen molar-refractivity contribution in [3.8, 4) is 0 Å². The fourth-order valence-electron chi connectivity index (χ4n) is 3.22. The van der Waals surface area contributed by atoms with Crippen LogP contribution >= 0.6 is 0 Å². The van der Waals surface area contributed by atoms with Gasteiger partial charge in [-0.15, -0.1) is 0 Å². The molecule has 0 aromatic carbocycles. The molecule has 0 amide bonds. The van der Waals surface area contributed by atoms with Crippen molar-refractivity contribution in [3.05, 3.63) is 0 Å². The molecule has 7 heteroatoms. The molecule has 0 aromatic rings. The third kappa shape index (κ3) is 19.7. The summed E-state index contributed by atoms with van der Waals surface area (Å²) in [6, 6.07) is 0.